The molecule has 0 rings (SSSR count). The van der Waals surface area contributed by atoms with Crippen LogP contribution >= 0.6 is 0 Å². The van der Waals surface area contributed by atoms with Gasteiger partial charge in [-0.05, 0) is 19.9 Å². The van der Waals surface area contributed by atoms with Crippen LogP contribution in [0.2, 0.25) is 0 Å². The van der Waals surface area contributed by atoms with Gasteiger partial charge in [0.1, 0.15) is 0 Å². The number of rotatable bonds is 7. The quantitative estimate of drug-likeness (QED) is 0.466. The summed E-state index contributed by atoms with van der Waals surface area (Å²) in [7, 11) is -3.07. The van der Waals surface area contributed by atoms with Gasteiger partial charge in [-0.25, -0.2) is 13.1 Å². The van der Waals surface area contributed by atoms with Crippen LogP contribution in [0.5, 0.6) is 0 Å². The molecule has 0 spiro atoms. The van der Waals surface area contributed by atoms with E-state index >= 15 is 0 Å². The van der Waals surface area contributed by atoms with E-state index in [9.17, 15) is 8.42 Å². The van der Waals surface area contributed by atoms with Gasteiger partial charge in [-0.15, -0.1) is 0 Å². The van der Waals surface area contributed by atoms with E-state index in [-0.39, 0.29) is 6.10 Å². The van der Waals surface area contributed by atoms with Crippen molar-refractivity contribution in [3.63, 3.8) is 0 Å². The first-order valence-electron chi connectivity index (χ1n) is 4.25. The molecule has 5 nitrogen and oxygen atoms in total. The molecular formula is C7H18N2O3S. The Labute approximate surface area is 79.6 Å². The fourth-order valence-electron chi connectivity index (χ4n) is 0.761. The third-order valence-corrected chi connectivity index (χ3v) is 2.13. The van der Waals surface area contributed by atoms with Gasteiger partial charge in [-0.3, -0.25) is 0 Å². The summed E-state index contributed by atoms with van der Waals surface area (Å²) in [6.07, 6.45) is 1.50. The lowest BCUT2D eigenvalue weighted by atomic mass is 10.3. The molecule has 0 amide bonds. The fourth-order valence-corrected chi connectivity index (χ4v) is 1.23. The summed E-state index contributed by atoms with van der Waals surface area (Å²) in [5.41, 5.74) is 0. The summed E-state index contributed by atoms with van der Waals surface area (Å²) in [5.74, 6) is 0. The standard InChI is InChI=1S/C7H18N2O3S/c1-7(10)3-4-8-5-6-9-13(2,11)12/h7-10H,3-6H2,1-2H3. The minimum Gasteiger partial charge on any atom is -0.393 e. The number of aliphatic hydroxyl groups excluding tert-OH is 1. The molecule has 0 heterocycles. The molecule has 0 saturated carbocycles. The van der Waals surface area contributed by atoms with Crippen LogP contribution in [-0.4, -0.2) is 45.5 Å². The van der Waals surface area contributed by atoms with Crippen molar-refractivity contribution in [1.82, 2.24) is 10.0 Å². The third kappa shape index (κ3) is 11.8. The van der Waals surface area contributed by atoms with Crippen LogP contribution in [0.15, 0.2) is 0 Å². The van der Waals surface area contributed by atoms with Crippen molar-refractivity contribution >= 4 is 10.0 Å². The number of hydrogen-bond donors (Lipinski definition) is 3. The summed E-state index contributed by atoms with van der Waals surface area (Å²) in [5, 5.41) is 11.9. The number of aliphatic hydroxyl groups is 1. The highest BCUT2D eigenvalue weighted by atomic mass is 32.2. The Morgan fingerprint density at radius 2 is 1.92 bits per heavy atom. The predicted octanol–water partition coefficient (Wildman–Crippen LogP) is -1.10. The Balaban J connectivity index is 3.18. The van der Waals surface area contributed by atoms with Gasteiger partial charge in [-0.2, -0.15) is 0 Å². The molecule has 0 aliphatic heterocycles. The highest BCUT2D eigenvalue weighted by Crippen LogP contribution is 1.84. The van der Waals surface area contributed by atoms with Crippen LogP contribution in [0.25, 0.3) is 0 Å². The summed E-state index contributed by atoms with van der Waals surface area (Å²) in [4.78, 5) is 0. The lowest BCUT2D eigenvalue weighted by Crippen LogP contribution is -2.32. The highest BCUT2D eigenvalue weighted by Gasteiger charge is 1.98. The Kier molecular flexibility index (Phi) is 6.23. The average molecular weight is 210 g/mol. The minimum atomic E-state index is -3.07. The van der Waals surface area contributed by atoms with Crippen molar-refractivity contribution in [2.45, 2.75) is 19.4 Å². The van der Waals surface area contributed by atoms with Gasteiger partial charge in [0.15, 0.2) is 0 Å². The van der Waals surface area contributed by atoms with Crippen molar-refractivity contribution in [1.29, 1.82) is 0 Å². The van der Waals surface area contributed by atoms with Gasteiger partial charge >= 0.3 is 0 Å². The predicted molar refractivity (Wildman–Crippen MR) is 52.0 cm³/mol. The van der Waals surface area contributed by atoms with Crippen LogP contribution in [0.4, 0.5) is 0 Å². The zero-order valence-electron chi connectivity index (χ0n) is 8.08. The molecule has 0 radical (unpaired) electrons. The van der Waals surface area contributed by atoms with Gasteiger partial charge in [0.25, 0.3) is 0 Å². The normalized spacial score (nSPS) is 14.4. The Bertz CT molecular complexity index is 214. The Hall–Kier alpha value is -0.170. The summed E-state index contributed by atoms with van der Waals surface area (Å²) < 4.78 is 23.5. The average Bonchev–Trinajstić information content (AvgIpc) is 1.93. The second-order valence-electron chi connectivity index (χ2n) is 3.05. The molecule has 3 N–H and O–H groups in total. The van der Waals surface area contributed by atoms with E-state index in [0.29, 0.717) is 26.1 Å². The van der Waals surface area contributed by atoms with E-state index in [1.165, 1.54) is 0 Å². The molecular weight excluding hydrogens is 192 g/mol. The molecule has 0 aromatic rings. The maximum absolute atomic E-state index is 10.6. The van der Waals surface area contributed by atoms with Gasteiger partial charge in [0, 0.05) is 13.1 Å². The second kappa shape index (κ2) is 6.31. The van der Waals surface area contributed by atoms with E-state index in [2.05, 4.69) is 10.0 Å². The molecule has 0 aliphatic carbocycles. The van der Waals surface area contributed by atoms with Crippen LogP contribution < -0.4 is 10.0 Å². The maximum Gasteiger partial charge on any atom is 0.208 e. The Morgan fingerprint density at radius 3 is 2.38 bits per heavy atom. The van der Waals surface area contributed by atoms with Crippen LogP contribution in [0.1, 0.15) is 13.3 Å². The highest BCUT2D eigenvalue weighted by molar-refractivity contribution is 7.88. The fraction of sp³-hybridized carbons (Fsp3) is 1.00. The first kappa shape index (κ1) is 12.8. The first-order valence-corrected chi connectivity index (χ1v) is 6.14. The number of sulfonamides is 1. The van der Waals surface area contributed by atoms with Gasteiger partial charge in [0.05, 0.1) is 12.4 Å². The number of hydrogen-bond acceptors (Lipinski definition) is 4. The Morgan fingerprint density at radius 1 is 1.31 bits per heavy atom. The molecule has 1 atom stereocenters. The molecule has 0 saturated heterocycles. The lowest BCUT2D eigenvalue weighted by Gasteiger charge is -2.06. The zero-order valence-corrected chi connectivity index (χ0v) is 8.89. The van der Waals surface area contributed by atoms with Crippen molar-refractivity contribution in [2.24, 2.45) is 0 Å². The van der Waals surface area contributed by atoms with Crippen molar-refractivity contribution in [2.75, 3.05) is 25.9 Å². The first-order chi connectivity index (χ1) is 5.92. The molecule has 6 heteroatoms. The van der Waals surface area contributed by atoms with Gasteiger partial charge in [0.2, 0.25) is 10.0 Å². The second-order valence-corrected chi connectivity index (χ2v) is 4.89. The van der Waals surface area contributed by atoms with E-state index < -0.39 is 10.0 Å². The SMILES string of the molecule is CC(O)CCNCCNS(C)(=O)=O. The van der Waals surface area contributed by atoms with Gasteiger partial charge < -0.3 is 10.4 Å². The van der Waals surface area contributed by atoms with E-state index in [4.69, 9.17) is 5.11 Å². The largest absolute Gasteiger partial charge is 0.393 e. The van der Waals surface area contributed by atoms with E-state index in [0.717, 1.165) is 6.26 Å². The summed E-state index contributed by atoms with van der Waals surface area (Å²) in [6.45, 7) is 3.39. The molecule has 0 fully saturated rings. The molecule has 80 valence electrons. The molecule has 0 aliphatic rings. The zero-order chi connectivity index (χ0) is 10.3. The maximum atomic E-state index is 10.6. The van der Waals surface area contributed by atoms with Crippen molar-refractivity contribution < 1.29 is 13.5 Å². The molecule has 13 heavy (non-hydrogen) atoms. The van der Waals surface area contributed by atoms with E-state index in [1.807, 2.05) is 0 Å². The van der Waals surface area contributed by atoms with Crippen molar-refractivity contribution in [3.05, 3.63) is 0 Å². The van der Waals surface area contributed by atoms with Crippen molar-refractivity contribution in [3.8, 4) is 0 Å². The van der Waals surface area contributed by atoms with Crippen LogP contribution in [-0.2, 0) is 10.0 Å². The smallest absolute Gasteiger partial charge is 0.208 e. The van der Waals surface area contributed by atoms with Crippen LogP contribution in [0.3, 0.4) is 0 Å². The molecule has 0 aromatic carbocycles. The third-order valence-electron chi connectivity index (χ3n) is 1.40. The minimum absolute atomic E-state index is 0.310. The molecule has 0 bridgehead atoms. The van der Waals surface area contributed by atoms with Gasteiger partial charge in [-0.1, -0.05) is 0 Å². The summed E-state index contributed by atoms with van der Waals surface area (Å²) >= 11 is 0. The van der Waals surface area contributed by atoms with Crippen LogP contribution in [0, 0.1) is 0 Å². The monoisotopic (exact) mass is 210 g/mol. The summed E-state index contributed by atoms with van der Waals surface area (Å²) in [6, 6.07) is 0. The van der Waals surface area contributed by atoms with E-state index in [1.54, 1.807) is 6.92 Å². The lowest BCUT2D eigenvalue weighted by molar-refractivity contribution is 0.184. The topological polar surface area (TPSA) is 78.4 Å². The number of nitrogens with one attached hydrogen (secondary N) is 2. The molecule has 1 unspecified atom stereocenters. The molecule has 0 aromatic heterocycles.